The minimum absolute atomic E-state index is 0.0719. The summed E-state index contributed by atoms with van der Waals surface area (Å²) in [5, 5.41) is 11.0. The fourth-order valence-corrected chi connectivity index (χ4v) is 3.70. The summed E-state index contributed by atoms with van der Waals surface area (Å²) in [6.07, 6.45) is 0. The molecule has 0 fully saturated rings. The van der Waals surface area contributed by atoms with E-state index in [1.165, 1.54) is 36.4 Å². The number of nitrogens with zero attached hydrogens (tertiary/aromatic N) is 1. The molecule has 0 radical (unpaired) electrons. The maximum absolute atomic E-state index is 15.0. The maximum atomic E-state index is 15.0. The molecule has 1 aromatic heterocycles. The fraction of sp³-hybridized carbons (Fsp3) is 0.0385. The van der Waals surface area contributed by atoms with Crippen LogP contribution in [0.2, 0.25) is 0 Å². The normalized spacial score (nSPS) is 10.7. The molecular formula is C26H17FN2O6. The van der Waals surface area contributed by atoms with Crippen LogP contribution in [0.25, 0.3) is 22.2 Å². The average molecular weight is 472 g/mol. The average Bonchev–Trinajstić information content (AvgIpc) is 2.87. The number of aromatic hydroxyl groups is 1. The van der Waals surface area contributed by atoms with E-state index in [2.05, 4.69) is 9.72 Å². The van der Waals surface area contributed by atoms with Gasteiger partial charge in [-0.2, -0.15) is 0 Å². The van der Waals surface area contributed by atoms with Gasteiger partial charge in [0.2, 0.25) is 17.5 Å². The quantitative estimate of drug-likeness (QED) is 0.248. The lowest BCUT2D eigenvalue weighted by Crippen LogP contribution is -2.23. The minimum Gasteiger partial charge on any atom is -0.505 e. The number of carbonyl (C=O) groups is 4. The van der Waals surface area contributed by atoms with Crippen molar-refractivity contribution in [2.75, 3.05) is 7.11 Å². The molecule has 8 nitrogen and oxygen atoms in total. The van der Waals surface area contributed by atoms with Crippen LogP contribution >= 0.6 is 0 Å². The highest BCUT2D eigenvalue weighted by molar-refractivity contribution is 6.50. The molecule has 0 aliphatic heterocycles. The predicted molar refractivity (Wildman–Crippen MR) is 124 cm³/mol. The Morgan fingerprint density at radius 3 is 2.20 bits per heavy atom. The third-order valence-electron chi connectivity index (χ3n) is 5.38. The molecular weight excluding hydrogens is 455 g/mol. The van der Waals surface area contributed by atoms with Gasteiger partial charge in [0.15, 0.2) is 5.75 Å². The number of carbonyl (C=O) groups excluding carboxylic acids is 4. The van der Waals surface area contributed by atoms with E-state index >= 15 is 4.39 Å². The lowest BCUT2D eigenvalue weighted by atomic mass is 9.91. The van der Waals surface area contributed by atoms with E-state index in [4.69, 9.17) is 5.73 Å². The van der Waals surface area contributed by atoms with E-state index in [9.17, 15) is 24.3 Å². The first-order valence-corrected chi connectivity index (χ1v) is 10.2. The SMILES string of the molecule is COC(=O)c1ccc2ccc(-c3c(F)ccc(C(=O)C(=O)c4ccccc4)c3C(N)=O)nc2c1O. The van der Waals surface area contributed by atoms with Crippen LogP contribution in [0.15, 0.2) is 66.7 Å². The van der Waals surface area contributed by atoms with E-state index in [-0.39, 0.29) is 22.3 Å². The zero-order valence-electron chi connectivity index (χ0n) is 18.2. The van der Waals surface area contributed by atoms with Crippen molar-refractivity contribution in [1.29, 1.82) is 0 Å². The van der Waals surface area contributed by atoms with Crippen LogP contribution in [0.4, 0.5) is 4.39 Å². The standard InChI is InChI=1S/C26H17FN2O6/c1-35-26(34)16-9-7-13-8-12-18(29-21(13)23(16)31)20-17(27)11-10-15(19(20)25(28)33)24(32)22(30)14-5-3-2-4-6-14/h2-12,31H,1H3,(H2,28,33). The molecule has 0 unspecified atom stereocenters. The summed E-state index contributed by atoms with van der Waals surface area (Å²) in [6.45, 7) is 0. The van der Waals surface area contributed by atoms with Gasteiger partial charge in [0.1, 0.15) is 16.9 Å². The number of phenolic OH excluding ortho intramolecular Hbond substituents is 1. The summed E-state index contributed by atoms with van der Waals surface area (Å²) in [5.74, 6) is -5.37. The van der Waals surface area contributed by atoms with Gasteiger partial charge in [-0.1, -0.05) is 42.5 Å². The summed E-state index contributed by atoms with van der Waals surface area (Å²) >= 11 is 0. The first-order valence-electron chi connectivity index (χ1n) is 10.2. The number of methoxy groups -OCH3 is 1. The van der Waals surface area contributed by atoms with Crippen LogP contribution in [-0.4, -0.2) is 40.6 Å². The van der Waals surface area contributed by atoms with Crippen LogP contribution in [0.5, 0.6) is 5.75 Å². The van der Waals surface area contributed by atoms with E-state index in [0.29, 0.717) is 5.39 Å². The molecule has 0 saturated heterocycles. The van der Waals surface area contributed by atoms with Gasteiger partial charge in [-0.25, -0.2) is 14.2 Å². The molecule has 3 N–H and O–H groups in total. The number of hydrogen-bond acceptors (Lipinski definition) is 7. The Labute approximate surface area is 197 Å². The van der Waals surface area contributed by atoms with Gasteiger partial charge in [-0.3, -0.25) is 14.4 Å². The smallest absolute Gasteiger partial charge is 0.341 e. The number of esters is 1. The number of ether oxygens (including phenoxy) is 1. The Morgan fingerprint density at radius 2 is 1.54 bits per heavy atom. The number of halogens is 1. The molecule has 1 heterocycles. The highest BCUT2D eigenvalue weighted by Gasteiger charge is 2.28. The number of nitrogens with two attached hydrogens (primary N) is 1. The van der Waals surface area contributed by atoms with Crippen molar-refractivity contribution in [2.45, 2.75) is 0 Å². The van der Waals surface area contributed by atoms with E-state index in [0.717, 1.165) is 19.2 Å². The molecule has 9 heteroatoms. The van der Waals surface area contributed by atoms with Gasteiger partial charge in [0.25, 0.3) is 0 Å². The molecule has 0 saturated carbocycles. The summed E-state index contributed by atoms with van der Waals surface area (Å²) < 4.78 is 19.7. The van der Waals surface area contributed by atoms with Crippen molar-refractivity contribution < 1.29 is 33.4 Å². The van der Waals surface area contributed by atoms with Crippen LogP contribution < -0.4 is 5.73 Å². The van der Waals surface area contributed by atoms with Gasteiger partial charge >= 0.3 is 5.97 Å². The van der Waals surface area contributed by atoms with Crippen molar-refractivity contribution in [1.82, 2.24) is 4.98 Å². The summed E-state index contributed by atoms with van der Waals surface area (Å²) in [4.78, 5) is 54.3. The van der Waals surface area contributed by atoms with E-state index < -0.39 is 51.7 Å². The second-order valence-corrected chi connectivity index (χ2v) is 7.45. The lowest BCUT2D eigenvalue weighted by Gasteiger charge is -2.13. The number of amides is 1. The van der Waals surface area contributed by atoms with Crippen molar-refractivity contribution in [3.63, 3.8) is 0 Å². The van der Waals surface area contributed by atoms with Gasteiger partial charge < -0.3 is 15.6 Å². The Hall–Kier alpha value is -4.92. The Balaban J connectivity index is 1.93. The highest BCUT2D eigenvalue weighted by atomic mass is 19.1. The predicted octanol–water partition coefficient (Wildman–Crippen LogP) is 3.70. The summed E-state index contributed by atoms with van der Waals surface area (Å²) in [7, 11) is 1.14. The van der Waals surface area contributed by atoms with Crippen molar-refractivity contribution in [3.05, 3.63) is 94.8 Å². The van der Waals surface area contributed by atoms with Gasteiger partial charge in [-0.15, -0.1) is 0 Å². The van der Waals surface area contributed by atoms with E-state index in [1.54, 1.807) is 18.2 Å². The first kappa shape index (κ1) is 23.2. The molecule has 3 aromatic carbocycles. The largest absolute Gasteiger partial charge is 0.505 e. The topological polar surface area (TPSA) is 137 Å². The monoisotopic (exact) mass is 472 g/mol. The molecule has 4 aromatic rings. The summed E-state index contributed by atoms with van der Waals surface area (Å²) in [6, 6.07) is 15.3. The first-order chi connectivity index (χ1) is 16.7. The van der Waals surface area contributed by atoms with Crippen LogP contribution in [0.1, 0.15) is 41.4 Å². The Kier molecular flexibility index (Phi) is 6.07. The van der Waals surface area contributed by atoms with Crippen molar-refractivity contribution >= 4 is 34.3 Å². The molecule has 0 bridgehead atoms. The fourth-order valence-electron chi connectivity index (χ4n) is 3.70. The molecule has 0 aliphatic carbocycles. The minimum atomic E-state index is -1.15. The molecule has 174 valence electrons. The molecule has 1 amide bonds. The molecule has 4 rings (SSSR count). The number of benzene rings is 3. The molecule has 0 atom stereocenters. The third kappa shape index (κ3) is 4.10. The zero-order valence-corrected chi connectivity index (χ0v) is 18.2. The number of rotatable bonds is 6. The van der Waals surface area contributed by atoms with Crippen molar-refractivity contribution in [2.24, 2.45) is 5.73 Å². The van der Waals surface area contributed by atoms with Gasteiger partial charge in [-0.05, 0) is 24.3 Å². The molecule has 0 spiro atoms. The van der Waals surface area contributed by atoms with Crippen LogP contribution in [-0.2, 0) is 4.74 Å². The van der Waals surface area contributed by atoms with Gasteiger partial charge in [0, 0.05) is 22.1 Å². The zero-order chi connectivity index (χ0) is 25.3. The summed E-state index contributed by atoms with van der Waals surface area (Å²) in [5.41, 5.74) is 3.86. The Morgan fingerprint density at radius 1 is 0.886 bits per heavy atom. The second kappa shape index (κ2) is 9.14. The highest BCUT2D eigenvalue weighted by Crippen LogP contribution is 2.33. The van der Waals surface area contributed by atoms with E-state index in [1.807, 2.05) is 0 Å². The number of Topliss-reactive ketones (excluding diaryl/α,β-unsaturated/α-hetero) is 2. The van der Waals surface area contributed by atoms with Crippen LogP contribution in [0.3, 0.4) is 0 Å². The number of hydrogen-bond donors (Lipinski definition) is 2. The third-order valence-corrected chi connectivity index (χ3v) is 5.38. The number of aromatic nitrogens is 1. The number of fused-ring (bicyclic) bond motifs is 1. The Bertz CT molecular complexity index is 1530. The number of primary amides is 1. The lowest BCUT2D eigenvalue weighted by molar-refractivity contribution is 0.0597. The second-order valence-electron chi connectivity index (χ2n) is 7.45. The molecule has 0 aliphatic rings. The number of phenols is 1. The number of pyridine rings is 1. The van der Waals surface area contributed by atoms with Crippen LogP contribution in [0, 0.1) is 5.82 Å². The number of ketones is 2. The maximum Gasteiger partial charge on any atom is 0.341 e. The molecule has 35 heavy (non-hydrogen) atoms. The van der Waals surface area contributed by atoms with Gasteiger partial charge in [0.05, 0.1) is 18.4 Å². The van der Waals surface area contributed by atoms with Crippen molar-refractivity contribution in [3.8, 4) is 17.0 Å².